The van der Waals surface area contributed by atoms with Gasteiger partial charge in [-0.1, -0.05) is 109 Å². The highest BCUT2D eigenvalue weighted by Gasteiger charge is 2.26. The van der Waals surface area contributed by atoms with Crippen LogP contribution in [0.2, 0.25) is 0 Å². The zero-order valence-electron chi connectivity index (χ0n) is 41.4. The molecule has 6 N–H and O–H groups in total. The van der Waals surface area contributed by atoms with Crippen LogP contribution in [0.25, 0.3) is 27.9 Å². The molecule has 5 aromatic carbocycles. The van der Waals surface area contributed by atoms with Crippen molar-refractivity contribution >= 4 is 108 Å². The Balaban J connectivity index is 0.000000181. The standard InChI is InChI=1S/C18H11BrN2O.C12H7BrN2O.C10H10BNO2.C6H7BO2.C5H6BNO2.C5H3BrINO/c19-14-10-17(16-9-5-4-6-13(16)11-20)18(22)21(12-14)15-7-2-1-3-8-15;13-9-5-11(12(16)15-7-9)10-4-2-1-3-8(10)6-14;12-8-9-4-1-2-5-10(9)11-13-6-3-7-14-11;8-7(9)6-4-2-1-3-5-6;8-6(9)5-3-1-2-4-7-5;6-3-1-4(7)5(9)8-2-3/h1-10,12H;1-5,7H,(H,15,16);1-2,4-5H,3,6-7H2;1-5,8-9H;1-4,8-9H;1-2H,(H,8,9). The summed E-state index contributed by atoms with van der Waals surface area (Å²) in [5.74, 6) is 0. The number of hydrogen-bond acceptors (Lipinski definition) is 13. The second-order valence-electron chi connectivity index (χ2n) is 16.0. The number of aromatic amines is 2. The van der Waals surface area contributed by atoms with E-state index in [0.717, 1.165) is 31.0 Å². The molecule has 0 spiro atoms. The van der Waals surface area contributed by atoms with Crippen molar-refractivity contribution in [3.8, 4) is 46.1 Å². The van der Waals surface area contributed by atoms with Gasteiger partial charge >= 0.3 is 21.4 Å². The van der Waals surface area contributed by atoms with E-state index < -0.39 is 14.2 Å². The minimum atomic E-state index is -1.45. The van der Waals surface area contributed by atoms with Gasteiger partial charge in [0.15, 0.2) is 0 Å². The van der Waals surface area contributed by atoms with Gasteiger partial charge in [0.2, 0.25) is 0 Å². The maximum absolute atomic E-state index is 12.8. The minimum absolute atomic E-state index is 0.0428. The van der Waals surface area contributed by atoms with Gasteiger partial charge in [-0.15, -0.1) is 0 Å². The highest BCUT2D eigenvalue weighted by atomic mass is 127. The summed E-state index contributed by atoms with van der Waals surface area (Å²) in [5.41, 5.74) is 5.88. The number of benzene rings is 5. The largest absolute Gasteiger partial charge is 0.508 e. The summed E-state index contributed by atoms with van der Waals surface area (Å²) in [6.45, 7) is 1.40. The molecule has 23 heteroatoms. The lowest BCUT2D eigenvalue weighted by Crippen LogP contribution is -2.42. The van der Waals surface area contributed by atoms with E-state index in [0.29, 0.717) is 61.2 Å². The van der Waals surface area contributed by atoms with Crippen LogP contribution in [0.4, 0.5) is 0 Å². The first-order valence-electron chi connectivity index (χ1n) is 23.4. The van der Waals surface area contributed by atoms with Crippen molar-refractivity contribution in [3.05, 3.63) is 259 Å². The van der Waals surface area contributed by atoms with Gasteiger partial charge in [0.25, 0.3) is 16.7 Å². The summed E-state index contributed by atoms with van der Waals surface area (Å²) in [5, 5.41) is 61.3. The maximum atomic E-state index is 12.8. The second-order valence-corrected chi connectivity index (χ2v) is 19.9. The van der Waals surface area contributed by atoms with Gasteiger partial charge in [-0.3, -0.25) is 23.9 Å². The van der Waals surface area contributed by atoms with Crippen LogP contribution in [0.5, 0.6) is 0 Å². The van der Waals surface area contributed by atoms with Gasteiger partial charge in [0.05, 0.1) is 44.1 Å². The van der Waals surface area contributed by atoms with Crippen LogP contribution in [0.15, 0.2) is 222 Å². The first-order valence-corrected chi connectivity index (χ1v) is 26.9. The molecule has 1 saturated heterocycles. The van der Waals surface area contributed by atoms with E-state index in [1.807, 2.05) is 83.3 Å². The first-order chi connectivity index (χ1) is 38.1. The summed E-state index contributed by atoms with van der Waals surface area (Å²) < 4.78 is 15.6. The van der Waals surface area contributed by atoms with Gasteiger partial charge in [-0.25, -0.2) is 0 Å². The molecule has 79 heavy (non-hydrogen) atoms. The van der Waals surface area contributed by atoms with Gasteiger partial charge in [0.1, 0.15) is 0 Å². The lowest BCUT2D eigenvalue weighted by molar-refractivity contribution is 0.143. The molecule has 1 aliphatic heterocycles. The number of aromatic nitrogens is 4. The molecule has 4 aromatic heterocycles. The van der Waals surface area contributed by atoms with Gasteiger partial charge in [0, 0.05) is 84.8 Å². The van der Waals surface area contributed by atoms with Crippen LogP contribution in [0, 0.1) is 37.6 Å². The number of nitrogens with one attached hydrogen (secondary N) is 2. The number of rotatable bonds is 6. The summed E-state index contributed by atoms with van der Waals surface area (Å²) in [6.07, 6.45) is 7.35. The molecule has 5 heterocycles. The topological polar surface area (TPSA) is 271 Å². The van der Waals surface area contributed by atoms with E-state index in [2.05, 4.69) is 80.9 Å². The molecule has 1 aliphatic rings. The summed E-state index contributed by atoms with van der Waals surface area (Å²) in [6, 6.07) is 56.1. The summed E-state index contributed by atoms with van der Waals surface area (Å²) in [7, 11) is -3.16. The number of pyridine rings is 4. The summed E-state index contributed by atoms with van der Waals surface area (Å²) >= 11 is 11.9. The molecule has 9 aromatic rings. The average molecular weight is 1360 g/mol. The predicted molar refractivity (Wildman–Crippen MR) is 326 cm³/mol. The quantitative estimate of drug-likeness (QED) is 0.0702. The first kappa shape index (κ1) is 62.5. The normalized spacial score (nSPS) is 10.9. The highest BCUT2D eigenvalue weighted by Crippen LogP contribution is 2.25. The van der Waals surface area contributed by atoms with Crippen LogP contribution < -0.4 is 33.2 Å². The summed E-state index contributed by atoms with van der Waals surface area (Å²) in [4.78, 5) is 44.0. The number of nitrogens with zero attached hydrogens (tertiary/aromatic N) is 5. The van der Waals surface area contributed by atoms with Crippen molar-refractivity contribution < 1.29 is 29.4 Å². The van der Waals surface area contributed by atoms with Crippen LogP contribution in [-0.4, -0.2) is 74.2 Å². The average Bonchev–Trinajstić information content (AvgIpc) is 3.50. The Labute approximate surface area is 494 Å². The van der Waals surface area contributed by atoms with Crippen molar-refractivity contribution in [2.45, 2.75) is 6.42 Å². The molecule has 16 nitrogen and oxygen atoms in total. The van der Waals surface area contributed by atoms with Crippen LogP contribution in [0.3, 0.4) is 0 Å². The highest BCUT2D eigenvalue weighted by molar-refractivity contribution is 14.1. The molecule has 394 valence electrons. The third-order valence-corrected chi connectivity index (χ3v) is 12.7. The van der Waals surface area contributed by atoms with E-state index in [1.54, 1.807) is 132 Å². The molecule has 0 unspecified atom stereocenters. The Morgan fingerprint density at radius 3 is 1.57 bits per heavy atom. The van der Waals surface area contributed by atoms with E-state index in [1.165, 1.54) is 6.20 Å². The van der Waals surface area contributed by atoms with E-state index in [4.69, 9.17) is 39.9 Å². The van der Waals surface area contributed by atoms with Crippen LogP contribution >= 0.6 is 70.4 Å². The van der Waals surface area contributed by atoms with Crippen molar-refractivity contribution in [1.82, 2.24) is 19.5 Å². The Bertz CT molecular complexity index is 3670. The molecular weight excluding hydrogens is 1310 g/mol. The van der Waals surface area contributed by atoms with Crippen LogP contribution in [0.1, 0.15) is 23.1 Å². The fraction of sp³-hybridized carbons (Fsp3) is 0.0536. The molecule has 1 fully saturated rings. The third kappa shape index (κ3) is 19.8. The Morgan fingerprint density at radius 1 is 0.570 bits per heavy atom. The Morgan fingerprint density at radius 2 is 1.06 bits per heavy atom. The third-order valence-electron chi connectivity index (χ3n) is 10.6. The second kappa shape index (κ2) is 33.2. The maximum Gasteiger partial charge on any atom is 0.508 e. The number of halogens is 4. The zero-order valence-corrected chi connectivity index (χ0v) is 48.3. The molecule has 0 bridgehead atoms. The molecule has 0 aliphatic carbocycles. The van der Waals surface area contributed by atoms with Gasteiger partial charge in [-0.05, 0) is 143 Å². The van der Waals surface area contributed by atoms with Crippen molar-refractivity contribution in [3.63, 3.8) is 0 Å². The van der Waals surface area contributed by atoms with Crippen molar-refractivity contribution in [2.24, 2.45) is 0 Å². The fourth-order valence-corrected chi connectivity index (χ4v) is 8.91. The molecule has 0 saturated carbocycles. The van der Waals surface area contributed by atoms with Crippen LogP contribution in [-0.2, 0) is 9.31 Å². The van der Waals surface area contributed by atoms with Crippen molar-refractivity contribution in [2.75, 3.05) is 13.2 Å². The Hall–Kier alpha value is -7.31. The Kier molecular flexibility index (Phi) is 26.3. The van der Waals surface area contributed by atoms with Crippen molar-refractivity contribution in [1.29, 1.82) is 15.8 Å². The zero-order chi connectivity index (χ0) is 57.1. The van der Waals surface area contributed by atoms with Gasteiger partial charge in [-0.2, -0.15) is 15.8 Å². The van der Waals surface area contributed by atoms with E-state index in [9.17, 15) is 19.6 Å². The van der Waals surface area contributed by atoms with Gasteiger partial charge < -0.3 is 39.4 Å². The predicted octanol–water partition coefficient (Wildman–Crippen LogP) is 7.37. The molecule has 0 radical (unpaired) electrons. The smallest absolute Gasteiger partial charge is 0.423 e. The molecule has 0 amide bonds. The fourth-order valence-electron chi connectivity index (χ4n) is 6.87. The molecule has 0 atom stereocenters. The lowest BCUT2D eigenvalue weighted by Gasteiger charge is -2.20. The number of H-pyrrole nitrogens is 2. The lowest BCUT2D eigenvalue weighted by atomic mass is 9.75. The van der Waals surface area contributed by atoms with E-state index >= 15 is 0 Å². The molecular formula is C56H44B3Br3IN7O9. The monoisotopic (exact) mass is 1360 g/mol. The minimum Gasteiger partial charge on any atom is -0.423 e. The SMILES string of the molecule is N#Cc1ccccc1-c1cc(Br)c[nH]c1=O.N#Cc1ccccc1-c1cc(Br)cn(-c2ccccc2)c1=O.N#Cc1ccccc1B1OCCCO1.O=c1[nH]cc(Br)cc1I.OB(O)c1ccccc1.OB(O)c1ccccn1. The molecule has 10 rings (SSSR count). The number of para-hydroxylation sites is 1. The van der Waals surface area contributed by atoms with E-state index in [-0.39, 0.29) is 29.4 Å². The number of hydrogen-bond donors (Lipinski definition) is 6. The number of nitriles is 3.